The largest absolute Gasteiger partial charge is 0.490 e. The highest BCUT2D eigenvalue weighted by Crippen LogP contribution is 2.28. The van der Waals surface area contributed by atoms with Crippen molar-refractivity contribution in [3.05, 3.63) is 71.4 Å². The number of carbonyl (C=O) groups excluding carboxylic acids is 1. The fraction of sp³-hybridized carbons (Fsp3) is 0.304. The zero-order valence-corrected chi connectivity index (χ0v) is 17.1. The van der Waals surface area contributed by atoms with Gasteiger partial charge in [-0.1, -0.05) is 30.3 Å². The molecule has 6 heteroatoms. The summed E-state index contributed by atoms with van der Waals surface area (Å²) in [5, 5.41) is 7.31. The SMILES string of the molecule is CCOc1ccc(CC(=O)Nc2ccn(Cc3ccccc3C)n2)cc1OCC. The quantitative estimate of drug-likeness (QED) is 0.591. The smallest absolute Gasteiger partial charge is 0.229 e. The molecule has 152 valence electrons. The zero-order chi connectivity index (χ0) is 20.6. The summed E-state index contributed by atoms with van der Waals surface area (Å²) in [5.41, 5.74) is 3.27. The van der Waals surface area contributed by atoms with E-state index in [9.17, 15) is 4.79 Å². The Morgan fingerprint density at radius 1 is 1.03 bits per heavy atom. The van der Waals surface area contributed by atoms with Crippen LogP contribution in [0.3, 0.4) is 0 Å². The van der Waals surface area contributed by atoms with E-state index in [4.69, 9.17) is 9.47 Å². The molecule has 0 bridgehead atoms. The number of hydrogen-bond donors (Lipinski definition) is 1. The number of nitrogens with one attached hydrogen (secondary N) is 1. The summed E-state index contributed by atoms with van der Waals surface area (Å²) in [5.74, 6) is 1.76. The molecular weight excluding hydrogens is 366 g/mol. The van der Waals surface area contributed by atoms with E-state index in [-0.39, 0.29) is 12.3 Å². The van der Waals surface area contributed by atoms with Gasteiger partial charge in [-0.05, 0) is 49.6 Å². The van der Waals surface area contributed by atoms with E-state index in [1.807, 2.05) is 55.1 Å². The molecule has 2 aromatic carbocycles. The van der Waals surface area contributed by atoms with Crippen molar-refractivity contribution in [3.8, 4) is 11.5 Å². The second-order valence-electron chi connectivity index (χ2n) is 6.70. The minimum Gasteiger partial charge on any atom is -0.490 e. The summed E-state index contributed by atoms with van der Waals surface area (Å²) >= 11 is 0. The van der Waals surface area contributed by atoms with E-state index in [2.05, 4.69) is 29.5 Å². The Bertz CT molecular complexity index is 966. The fourth-order valence-corrected chi connectivity index (χ4v) is 3.06. The molecule has 29 heavy (non-hydrogen) atoms. The molecule has 0 atom stereocenters. The van der Waals surface area contributed by atoms with Crippen LogP contribution in [-0.2, 0) is 17.8 Å². The van der Waals surface area contributed by atoms with E-state index in [0.29, 0.717) is 37.1 Å². The van der Waals surface area contributed by atoms with Gasteiger partial charge < -0.3 is 14.8 Å². The maximum atomic E-state index is 12.5. The number of aromatic nitrogens is 2. The fourth-order valence-electron chi connectivity index (χ4n) is 3.06. The first-order valence-electron chi connectivity index (χ1n) is 9.85. The molecule has 1 heterocycles. The summed E-state index contributed by atoms with van der Waals surface area (Å²) in [4.78, 5) is 12.5. The molecule has 0 aliphatic carbocycles. The summed E-state index contributed by atoms with van der Waals surface area (Å²) in [6, 6.07) is 15.6. The van der Waals surface area contributed by atoms with Crippen LogP contribution in [0.1, 0.15) is 30.5 Å². The first-order valence-corrected chi connectivity index (χ1v) is 9.85. The van der Waals surface area contributed by atoms with Crippen LogP contribution in [0.2, 0.25) is 0 Å². The van der Waals surface area contributed by atoms with Crippen LogP contribution in [0.15, 0.2) is 54.7 Å². The molecule has 0 radical (unpaired) electrons. The number of benzene rings is 2. The molecule has 0 fully saturated rings. The molecule has 6 nitrogen and oxygen atoms in total. The number of anilines is 1. The molecular formula is C23H27N3O3. The lowest BCUT2D eigenvalue weighted by Gasteiger charge is -2.12. The van der Waals surface area contributed by atoms with Gasteiger partial charge in [0.1, 0.15) is 0 Å². The number of hydrogen-bond acceptors (Lipinski definition) is 4. The third-order valence-corrected chi connectivity index (χ3v) is 4.47. The number of rotatable bonds is 9. The second-order valence-corrected chi connectivity index (χ2v) is 6.70. The Kier molecular flexibility index (Phi) is 6.89. The normalized spacial score (nSPS) is 10.6. The van der Waals surface area contributed by atoms with Gasteiger partial charge in [0.2, 0.25) is 5.91 Å². The predicted octanol–water partition coefficient (Wildman–Crippen LogP) is 4.22. The standard InChI is InChI=1S/C23H27N3O3/c1-4-28-20-11-10-18(14-21(20)29-5-2)15-23(27)24-22-12-13-26(25-22)16-19-9-7-6-8-17(19)3/h6-14H,4-5,15-16H2,1-3H3,(H,24,25,27). The van der Waals surface area contributed by atoms with Gasteiger partial charge in [0.15, 0.2) is 17.3 Å². The predicted molar refractivity (Wildman–Crippen MR) is 114 cm³/mol. The van der Waals surface area contributed by atoms with Crippen LogP contribution >= 0.6 is 0 Å². The van der Waals surface area contributed by atoms with Crippen molar-refractivity contribution in [3.63, 3.8) is 0 Å². The van der Waals surface area contributed by atoms with Crippen molar-refractivity contribution < 1.29 is 14.3 Å². The molecule has 1 aromatic heterocycles. The minimum atomic E-state index is -0.127. The highest BCUT2D eigenvalue weighted by molar-refractivity contribution is 5.91. The lowest BCUT2D eigenvalue weighted by Crippen LogP contribution is -2.15. The lowest BCUT2D eigenvalue weighted by molar-refractivity contribution is -0.115. The minimum absolute atomic E-state index is 0.127. The van der Waals surface area contributed by atoms with Gasteiger partial charge in [-0.2, -0.15) is 5.10 Å². The van der Waals surface area contributed by atoms with Gasteiger partial charge in [-0.25, -0.2) is 0 Å². The molecule has 3 aromatic rings. The zero-order valence-electron chi connectivity index (χ0n) is 17.1. The molecule has 3 rings (SSSR count). The topological polar surface area (TPSA) is 65.4 Å². The maximum absolute atomic E-state index is 12.5. The molecule has 1 N–H and O–H groups in total. The highest BCUT2D eigenvalue weighted by atomic mass is 16.5. The molecule has 0 unspecified atom stereocenters. The van der Waals surface area contributed by atoms with Crippen molar-refractivity contribution in [2.45, 2.75) is 33.7 Å². The van der Waals surface area contributed by atoms with Gasteiger partial charge >= 0.3 is 0 Å². The van der Waals surface area contributed by atoms with Crippen LogP contribution in [0.5, 0.6) is 11.5 Å². The van der Waals surface area contributed by atoms with Crippen LogP contribution < -0.4 is 14.8 Å². The Balaban J connectivity index is 1.62. The highest BCUT2D eigenvalue weighted by Gasteiger charge is 2.11. The van der Waals surface area contributed by atoms with Gasteiger partial charge in [-0.3, -0.25) is 9.48 Å². The lowest BCUT2D eigenvalue weighted by atomic mass is 10.1. The van der Waals surface area contributed by atoms with Crippen LogP contribution in [0.25, 0.3) is 0 Å². The van der Waals surface area contributed by atoms with E-state index in [1.165, 1.54) is 11.1 Å². The van der Waals surface area contributed by atoms with Gasteiger partial charge in [0, 0.05) is 12.3 Å². The Morgan fingerprint density at radius 2 is 1.79 bits per heavy atom. The second kappa shape index (κ2) is 9.78. The number of ether oxygens (including phenoxy) is 2. The summed E-state index contributed by atoms with van der Waals surface area (Å²) in [6.07, 6.45) is 2.10. The maximum Gasteiger partial charge on any atom is 0.229 e. The molecule has 0 aliphatic rings. The number of amides is 1. The average molecular weight is 393 g/mol. The first-order chi connectivity index (χ1) is 14.1. The van der Waals surface area contributed by atoms with E-state index in [0.717, 1.165) is 5.56 Å². The van der Waals surface area contributed by atoms with Crippen molar-refractivity contribution in [1.29, 1.82) is 0 Å². The molecule has 1 amide bonds. The van der Waals surface area contributed by atoms with Crippen molar-refractivity contribution >= 4 is 11.7 Å². The van der Waals surface area contributed by atoms with Gasteiger partial charge in [0.05, 0.1) is 26.2 Å². The number of carbonyl (C=O) groups is 1. The van der Waals surface area contributed by atoms with Gasteiger partial charge in [0.25, 0.3) is 0 Å². The number of aryl methyl sites for hydroxylation is 1. The first kappa shape index (κ1) is 20.5. The summed E-state index contributed by atoms with van der Waals surface area (Å²) in [6.45, 7) is 7.69. The van der Waals surface area contributed by atoms with Crippen LogP contribution in [-0.4, -0.2) is 28.9 Å². The van der Waals surface area contributed by atoms with E-state index in [1.54, 1.807) is 6.07 Å². The Hall–Kier alpha value is -3.28. The van der Waals surface area contributed by atoms with E-state index >= 15 is 0 Å². The number of nitrogens with zero attached hydrogens (tertiary/aromatic N) is 2. The van der Waals surface area contributed by atoms with E-state index < -0.39 is 0 Å². The third-order valence-electron chi connectivity index (χ3n) is 4.47. The third kappa shape index (κ3) is 5.60. The molecule has 0 saturated heterocycles. The van der Waals surface area contributed by atoms with Crippen LogP contribution in [0.4, 0.5) is 5.82 Å². The van der Waals surface area contributed by atoms with Crippen molar-refractivity contribution in [2.24, 2.45) is 0 Å². The molecule has 0 saturated carbocycles. The summed E-state index contributed by atoms with van der Waals surface area (Å²) < 4.78 is 13.0. The van der Waals surface area contributed by atoms with Gasteiger partial charge in [-0.15, -0.1) is 0 Å². The Labute approximate surface area is 171 Å². The average Bonchev–Trinajstić information content (AvgIpc) is 3.13. The molecule has 0 spiro atoms. The monoisotopic (exact) mass is 393 g/mol. The molecule has 0 aliphatic heterocycles. The van der Waals surface area contributed by atoms with Crippen molar-refractivity contribution in [2.75, 3.05) is 18.5 Å². The summed E-state index contributed by atoms with van der Waals surface area (Å²) in [7, 11) is 0. The van der Waals surface area contributed by atoms with Crippen molar-refractivity contribution in [1.82, 2.24) is 9.78 Å². The van der Waals surface area contributed by atoms with Crippen LogP contribution in [0, 0.1) is 6.92 Å². The Morgan fingerprint density at radius 3 is 2.55 bits per heavy atom.